The maximum absolute atomic E-state index is 9.43. The molecule has 1 aliphatic carbocycles. The molecule has 0 heterocycles. The molecule has 1 aliphatic rings. The van der Waals surface area contributed by atoms with E-state index >= 15 is 0 Å². The molecular formula is C7H14O5. The van der Waals surface area contributed by atoms with E-state index in [1.807, 2.05) is 0 Å². The molecule has 72 valence electrons. The highest BCUT2D eigenvalue weighted by atomic mass is 16.6. The third-order valence-corrected chi connectivity index (χ3v) is 2.61. The van der Waals surface area contributed by atoms with Crippen molar-refractivity contribution in [3.8, 4) is 0 Å². The predicted octanol–water partition coefficient (Wildman–Crippen LogP) is -1.72. The average molecular weight is 178 g/mol. The summed E-state index contributed by atoms with van der Waals surface area (Å²) >= 11 is 0. The van der Waals surface area contributed by atoms with Crippen LogP contribution in [0.2, 0.25) is 0 Å². The Morgan fingerprint density at radius 3 is 1.42 bits per heavy atom. The van der Waals surface area contributed by atoms with E-state index in [0.29, 0.717) is 0 Å². The molecule has 0 amide bonds. The van der Waals surface area contributed by atoms with E-state index < -0.39 is 17.2 Å². The van der Waals surface area contributed by atoms with Crippen LogP contribution in [0.5, 0.6) is 0 Å². The molecule has 0 radical (unpaired) electrons. The summed E-state index contributed by atoms with van der Waals surface area (Å²) in [6, 6.07) is 0. The molecule has 0 aromatic rings. The number of hydrogen-bond donors (Lipinski definition) is 5. The minimum atomic E-state index is -2.44. The molecule has 0 aromatic heterocycles. The minimum Gasteiger partial charge on any atom is -0.379 e. The molecule has 0 bridgehead atoms. The first kappa shape index (κ1) is 9.88. The molecule has 12 heavy (non-hydrogen) atoms. The maximum Gasteiger partial charge on any atom is 0.197 e. The summed E-state index contributed by atoms with van der Waals surface area (Å²) in [7, 11) is 0. The van der Waals surface area contributed by atoms with Gasteiger partial charge in [-0.3, -0.25) is 0 Å². The van der Waals surface area contributed by atoms with Crippen LogP contribution in [0, 0.1) is 0 Å². The number of rotatable bonds is 0. The molecule has 0 atom stereocenters. The third kappa shape index (κ3) is 1.14. The van der Waals surface area contributed by atoms with Gasteiger partial charge in [-0.15, -0.1) is 0 Å². The summed E-state index contributed by atoms with van der Waals surface area (Å²) in [6.45, 7) is 0.992. The second-order valence-corrected chi connectivity index (χ2v) is 3.56. The highest BCUT2D eigenvalue weighted by Crippen LogP contribution is 2.40. The quantitative estimate of drug-likeness (QED) is 0.284. The van der Waals surface area contributed by atoms with Gasteiger partial charge in [0.05, 0.1) is 0 Å². The standard InChI is InChI=1S/C7H14O5/c1-5(8)6(9,10)3-2-4-7(5,11)12/h8-12H,2-4H2,1H3. The van der Waals surface area contributed by atoms with Crippen LogP contribution in [-0.4, -0.2) is 42.7 Å². The molecule has 0 aromatic carbocycles. The van der Waals surface area contributed by atoms with Crippen LogP contribution in [-0.2, 0) is 0 Å². The lowest BCUT2D eigenvalue weighted by molar-refractivity contribution is -0.390. The van der Waals surface area contributed by atoms with Gasteiger partial charge in [-0.05, 0) is 13.3 Å². The zero-order valence-electron chi connectivity index (χ0n) is 6.86. The summed E-state index contributed by atoms with van der Waals surface area (Å²) in [5.41, 5.74) is -2.31. The van der Waals surface area contributed by atoms with Crippen molar-refractivity contribution in [1.82, 2.24) is 0 Å². The zero-order valence-corrected chi connectivity index (χ0v) is 6.86. The largest absolute Gasteiger partial charge is 0.379 e. The van der Waals surface area contributed by atoms with E-state index in [0.717, 1.165) is 6.92 Å². The van der Waals surface area contributed by atoms with Gasteiger partial charge in [0, 0.05) is 12.8 Å². The normalized spacial score (nSPS) is 31.5. The fraction of sp³-hybridized carbons (Fsp3) is 1.00. The summed E-state index contributed by atoms with van der Waals surface area (Å²) in [5.74, 6) is -4.87. The molecular weight excluding hydrogens is 164 g/mol. The lowest BCUT2D eigenvalue weighted by atomic mass is 9.75. The fourth-order valence-electron chi connectivity index (χ4n) is 1.39. The van der Waals surface area contributed by atoms with Crippen LogP contribution in [0.4, 0.5) is 0 Å². The first-order valence-corrected chi connectivity index (χ1v) is 3.83. The molecule has 1 rings (SSSR count). The number of aliphatic hydroxyl groups is 5. The van der Waals surface area contributed by atoms with Gasteiger partial charge >= 0.3 is 0 Å². The Labute approximate surface area is 69.9 Å². The van der Waals surface area contributed by atoms with Crippen molar-refractivity contribution in [1.29, 1.82) is 0 Å². The van der Waals surface area contributed by atoms with Gasteiger partial charge in [0.1, 0.15) is 0 Å². The molecule has 5 heteroatoms. The van der Waals surface area contributed by atoms with Gasteiger partial charge in [-0.25, -0.2) is 0 Å². The van der Waals surface area contributed by atoms with Crippen LogP contribution in [0.3, 0.4) is 0 Å². The van der Waals surface area contributed by atoms with Gasteiger partial charge in [0.2, 0.25) is 0 Å². The smallest absolute Gasteiger partial charge is 0.197 e. The van der Waals surface area contributed by atoms with E-state index in [9.17, 15) is 25.5 Å². The van der Waals surface area contributed by atoms with Crippen molar-refractivity contribution >= 4 is 0 Å². The van der Waals surface area contributed by atoms with E-state index in [2.05, 4.69) is 0 Å². The minimum absolute atomic E-state index is 0.0666. The van der Waals surface area contributed by atoms with Crippen molar-refractivity contribution in [2.24, 2.45) is 0 Å². The Balaban J connectivity index is 2.99. The highest BCUT2D eigenvalue weighted by Gasteiger charge is 2.60. The van der Waals surface area contributed by atoms with Crippen molar-refractivity contribution < 1.29 is 25.5 Å². The Hall–Kier alpha value is -0.200. The second kappa shape index (κ2) is 2.40. The van der Waals surface area contributed by atoms with Crippen molar-refractivity contribution in [2.75, 3.05) is 0 Å². The lowest BCUT2D eigenvalue weighted by Gasteiger charge is -2.48. The lowest BCUT2D eigenvalue weighted by Crippen LogP contribution is -2.68. The molecule has 5 nitrogen and oxygen atoms in total. The molecule has 0 aliphatic heterocycles. The molecule has 0 unspecified atom stereocenters. The number of hydrogen-bond acceptors (Lipinski definition) is 5. The summed E-state index contributed by atoms with van der Waals surface area (Å²) < 4.78 is 0. The van der Waals surface area contributed by atoms with E-state index in [1.54, 1.807) is 0 Å². The summed E-state index contributed by atoms with van der Waals surface area (Å²) in [5, 5.41) is 46.3. The van der Waals surface area contributed by atoms with Crippen LogP contribution in [0.25, 0.3) is 0 Å². The van der Waals surface area contributed by atoms with Gasteiger partial charge in [-0.2, -0.15) is 0 Å². The van der Waals surface area contributed by atoms with Crippen LogP contribution in [0.15, 0.2) is 0 Å². The van der Waals surface area contributed by atoms with Gasteiger partial charge in [0.15, 0.2) is 17.2 Å². The molecule has 0 saturated heterocycles. The van der Waals surface area contributed by atoms with Gasteiger partial charge < -0.3 is 25.5 Å². The van der Waals surface area contributed by atoms with Crippen molar-refractivity contribution in [3.63, 3.8) is 0 Å². The summed E-state index contributed by atoms with van der Waals surface area (Å²) in [4.78, 5) is 0. The Morgan fingerprint density at radius 1 is 0.833 bits per heavy atom. The summed E-state index contributed by atoms with van der Waals surface area (Å²) in [6.07, 6.45) is 0.113. The van der Waals surface area contributed by atoms with E-state index in [-0.39, 0.29) is 19.3 Å². The monoisotopic (exact) mass is 178 g/mol. The first-order chi connectivity index (χ1) is 5.21. The van der Waals surface area contributed by atoms with E-state index in [4.69, 9.17) is 0 Å². The van der Waals surface area contributed by atoms with Crippen LogP contribution < -0.4 is 0 Å². The zero-order chi connectivity index (χ0) is 9.62. The topological polar surface area (TPSA) is 101 Å². The van der Waals surface area contributed by atoms with Gasteiger partial charge in [0.25, 0.3) is 0 Å². The molecule has 0 spiro atoms. The highest BCUT2D eigenvalue weighted by molar-refractivity contribution is 5.02. The predicted molar refractivity (Wildman–Crippen MR) is 38.8 cm³/mol. The van der Waals surface area contributed by atoms with Crippen LogP contribution in [0.1, 0.15) is 26.2 Å². The van der Waals surface area contributed by atoms with Crippen LogP contribution >= 0.6 is 0 Å². The second-order valence-electron chi connectivity index (χ2n) is 3.56. The van der Waals surface area contributed by atoms with Crippen molar-refractivity contribution in [3.05, 3.63) is 0 Å². The molecule has 5 N–H and O–H groups in total. The molecule has 1 fully saturated rings. The Morgan fingerprint density at radius 2 is 1.17 bits per heavy atom. The first-order valence-electron chi connectivity index (χ1n) is 3.83. The average Bonchev–Trinajstić information content (AvgIpc) is 1.83. The Kier molecular flexibility index (Phi) is 1.97. The molecule has 1 saturated carbocycles. The third-order valence-electron chi connectivity index (χ3n) is 2.61. The van der Waals surface area contributed by atoms with Gasteiger partial charge in [-0.1, -0.05) is 0 Å². The van der Waals surface area contributed by atoms with E-state index in [1.165, 1.54) is 0 Å². The fourth-order valence-corrected chi connectivity index (χ4v) is 1.39. The maximum atomic E-state index is 9.43. The van der Waals surface area contributed by atoms with Crippen molar-refractivity contribution in [2.45, 2.75) is 43.4 Å². The Bertz CT molecular complexity index is 166. The SMILES string of the molecule is CC1(O)C(O)(O)CCCC1(O)O.